The predicted molar refractivity (Wildman–Crippen MR) is 100 cm³/mol. The SMILES string of the molecule is COc1c(-c2ccc(CCO)cc2)cccc1C1OC(C)C2OC2C1C. The first kappa shape index (κ1) is 17.5. The van der Waals surface area contributed by atoms with Crippen molar-refractivity contribution in [1.82, 2.24) is 0 Å². The molecule has 5 atom stereocenters. The largest absolute Gasteiger partial charge is 0.496 e. The van der Waals surface area contributed by atoms with Gasteiger partial charge in [-0.25, -0.2) is 0 Å². The highest BCUT2D eigenvalue weighted by Crippen LogP contribution is 2.50. The quantitative estimate of drug-likeness (QED) is 0.831. The first-order chi connectivity index (χ1) is 12.6. The third-order valence-electron chi connectivity index (χ3n) is 5.60. The Labute approximate surface area is 154 Å². The first-order valence-electron chi connectivity index (χ1n) is 9.32. The molecule has 26 heavy (non-hydrogen) atoms. The molecule has 0 radical (unpaired) electrons. The third kappa shape index (κ3) is 3.02. The predicted octanol–water partition coefficient (Wildman–Crippen LogP) is 3.76. The molecule has 4 rings (SSSR count). The monoisotopic (exact) mass is 354 g/mol. The molecule has 0 aromatic heterocycles. The summed E-state index contributed by atoms with van der Waals surface area (Å²) in [6.07, 6.45) is 1.28. The van der Waals surface area contributed by atoms with Crippen LogP contribution in [0.4, 0.5) is 0 Å². The first-order valence-corrected chi connectivity index (χ1v) is 9.32. The summed E-state index contributed by atoms with van der Waals surface area (Å²) >= 11 is 0. The molecular formula is C22H26O4. The number of methoxy groups -OCH3 is 1. The van der Waals surface area contributed by atoms with Gasteiger partial charge in [0.15, 0.2) is 0 Å². The van der Waals surface area contributed by atoms with Crippen molar-refractivity contribution in [3.05, 3.63) is 53.6 Å². The average molecular weight is 354 g/mol. The van der Waals surface area contributed by atoms with Crippen molar-refractivity contribution in [3.8, 4) is 16.9 Å². The van der Waals surface area contributed by atoms with Crippen LogP contribution in [-0.2, 0) is 15.9 Å². The van der Waals surface area contributed by atoms with E-state index in [0.29, 0.717) is 12.3 Å². The van der Waals surface area contributed by atoms with E-state index in [-0.39, 0.29) is 31.0 Å². The topological polar surface area (TPSA) is 51.2 Å². The summed E-state index contributed by atoms with van der Waals surface area (Å²) in [7, 11) is 1.72. The van der Waals surface area contributed by atoms with Crippen LogP contribution >= 0.6 is 0 Å². The summed E-state index contributed by atoms with van der Waals surface area (Å²) in [5.74, 6) is 1.16. The van der Waals surface area contributed by atoms with Gasteiger partial charge in [-0.15, -0.1) is 0 Å². The van der Waals surface area contributed by atoms with Crippen molar-refractivity contribution < 1.29 is 19.3 Å². The zero-order valence-corrected chi connectivity index (χ0v) is 15.5. The minimum Gasteiger partial charge on any atom is -0.496 e. The van der Waals surface area contributed by atoms with E-state index in [4.69, 9.17) is 19.3 Å². The minimum absolute atomic E-state index is 0.0303. The lowest BCUT2D eigenvalue weighted by Crippen LogP contribution is -2.33. The van der Waals surface area contributed by atoms with Crippen LogP contribution in [0, 0.1) is 5.92 Å². The highest BCUT2D eigenvalue weighted by Gasteiger charge is 2.54. The van der Waals surface area contributed by atoms with Crippen molar-refractivity contribution >= 4 is 0 Å². The van der Waals surface area contributed by atoms with Gasteiger partial charge in [-0.1, -0.05) is 49.4 Å². The molecule has 5 unspecified atom stereocenters. The third-order valence-corrected chi connectivity index (χ3v) is 5.60. The van der Waals surface area contributed by atoms with Crippen molar-refractivity contribution in [3.63, 3.8) is 0 Å². The number of para-hydroxylation sites is 1. The molecular weight excluding hydrogens is 328 g/mol. The zero-order chi connectivity index (χ0) is 18.3. The molecule has 2 aliphatic heterocycles. The van der Waals surface area contributed by atoms with E-state index in [9.17, 15) is 0 Å². The van der Waals surface area contributed by atoms with E-state index in [1.54, 1.807) is 7.11 Å². The second-order valence-corrected chi connectivity index (χ2v) is 7.28. The minimum atomic E-state index is -0.0303. The molecule has 1 N–H and O–H groups in total. The molecule has 0 bridgehead atoms. The normalized spacial score (nSPS) is 29.9. The average Bonchev–Trinajstić information content (AvgIpc) is 3.47. The van der Waals surface area contributed by atoms with E-state index >= 15 is 0 Å². The Morgan fingerprint density at radius 1 is 1.00 bits per heavy atom. The smallest absolute Gasteiger partial charge is 0.132 e. The number of hydrogen-bond donors (Lipinski definition) is 1. The van der Waals surface area contributed by atoms with Crippen molar-refractivity contribution in [2.75, 3.05) is 13.7 Å². The summed E-state index contributed by atoms with van der Waals surface area (Å²) < 4.78 is 17.9. The number of benzene rings is 2. The summed E-state index contributed by atoms with van der Waals surface area (Å²) in [4.78, 5) is 0. The van der Waals surface area contributed by atoms with Crippen LogP contribution in [0.5, 0.6) is 5.75 Å². The molecule has 2 aliphatic rings. The number of fused-ring (bicyclic) bond motifs is 1. The van der Waals surface area contributed by atoms with Crippen LogP contribution in [0.15, 0.2) is 42.5 Å². The number of rotatable bonds is 5. The molecule has 2 aromatic carbocycles. The number of ether oxygens (including phenoxy) is 3. The molecule has 4 heteroatoms. The van der Waals surface area contributed by atoms with E-state index in [2.05, 4.69) is 56.3 Å². The summed E-state index contributed by atoms with van der Waals surface area (Å²) in [6, 6.07) is 14.5. The standard InChI is InChI=1S/C22H26O4/c1-13-19(25-14(2)21-20(13)26-21)18-6-4-5-17(22(18)24-3)16-9-7-15(8-10-16)11-12-23/h4-10,13-14,19-21,23H,11-12H2,1-3H3. The maximum absolute atomic E-state index is 9.10. The van der Waals surface area contributed by atoms with Crippen LogP contribution in [0.25, 0.3) is 11.1 Å². The van der Waals surface area contributed by atoms with Gasteiger partial charge in [0.05, 0.1) is 25.4 Å². The second-order valence-electron chi connectivity index (χ2n) is 7.28. The molecule has 2 fully saturated rings. The molecule has 4 nitrogen and oxygen atoms in total. The Morgan fingerprint density at radius 2 is 1.77 bits per heavy atom. The molecule has 138 valence electrons. The Hall–Kier alpha value is -1.88. The molecule has 2 aromatic rings. The van der Waals surface area contributed by atoms with Gasteiger partial charge in [-0.05, 0) is 24.5 Å². The van der Waals surface area contributed by atoms with Gasteiger partial charge in [0.25, 0.3) is 0 Å². The van der Waals surface area contributed by atoms with E-state index < -0.39 is 0 Å². The summed E-state index contributed by atoms with van der Waals surface area (Å²) in [5, 5.41) is 9.10. The maximum Gasteiger partial charge on any atom is 0.132 e. The summed E-state index contributed by atoms with van der Waals surface area (Å²) in [5.41, 5.74) is 4.37. The van der Waals surface area contributed by atoms with Gasteiger partial charge in [-0.3, -0.25) is 0 Å². The lowest BCUT2D eigenvalue weighted by atomic mass is 9.87. The molecule has 2 saturated heterocycles. The van der Waals surface area contributed by atoms with Gasteiger partial charge in [0.1, 0.15) is 11.9 Å². The van der Waals surface area contributed by atoms with Gasteiger partial charge in [-0.2, -0.15) is 0 Å². The number of aliphatic hydroxyl groups excluding tert-OH is 1. The molecule has 2 heterocycles. The Morgan fingerprint density at radius 3 is 2.46 bits per heavy atom. The van der Waals surface area contributed by atoms with Crippen molar-refractivity contribution in [2.45, 2.75) is 44.7 Å². The number of hydrogen-bond acceptors (Lipinski definition) is 4. The highest BCUT2D eigenvalue weighted by atomic mass is 16.6. The Balaban J connectivity index is 1.70. The number of aliphatic hydroxyl groups is 1. The Bertz CT molecular complexity index is 770. The Kier molecular flexibility index (Phi) is 4.74. The fourth-order valence-corrected chi connectivity index (χ4v) is 4.11. The number of epoxide rings is 1. The lowest BCUT2D eigenvalue weighted by Gasteiger charge is -2.32. The van der Waals surface area contributed by atoms with Gasteiger partial charge in [0, 0.05) is 23.7 Å². The maximum atomic E-state index is 9.10. The van der Waals surface area contributed by atoms with E-state index in [1.165, 1.54) is 0 Å². The van der Waals surface area contributed by atoms with E-state index in [1.807, 2.05) is 0 Å². The molecule has 0 aliphatic carbocycles. The van der Waals surface area contributed by atoms with Crippen molar-refractivity contribution in [2.24, 2.45) is 5.92 Å². The molecule has 0 saturated carbocycles. The van der Waals surface area contributed by atoms with Crippen LogP contribution in [-0.4, -0.2) is 37.1 Å². The lowest BCUT2D eigenvalue weighted by molar-refractivity contribution is -0.0565. The van der Waals surface area contributed by atoms with Gasteiger partial charge in [0.2, 0.25) is 0 Å². The van der Waals surface area contributed by atoms with Crippen LogP contribution in [0.2, 0.25) is 0 Å². The fraction of sp³-hybridized carbons (Fsp3) is 0.455. The van der Waals surface area contributed by atoms with Crippen LogP contribution in [0.1, 0.15) is 31.1 Å². The van der Waals surface area contributed by atoms with Gasteiger partial charge >= 0.3 is 0 Å². The van der Waals surface area contributed by atoms with Crippen LogP contribution in [0.3, 0.4) is 0 Å². The van der Waals surface area contributed by atoms with Crippen LogP contribution < -0.4 is 4.74 Å². The summed E-state index contributed by atoms with van der Waals surface area (Å²) in [6.45, 7) is 4.44. The fourth-order valence-electron chi connectivity index (χ4n) is 4.11. The van der Waals surface area contributed by atoms with Crippen molar-refractivity contribution in [1.29, 1.82) is 0 Å². The van der Waals surface area contributed by atoms with E-state index in [0.717, 1.165) is 28.0 Å². The molecule has 0 amide bonds. The highest BCUT2D eigenvalue weighted by molar-refractivity contribution is 5.72. The second kappa shape index (κ2) is 7.03. The van der Waals surface area contributed by atoms with Gasteiger partial charge < -0.3 is 19.3 Å². The zero-order valence-electron chi connectivity index (χ0n) is 15.5. The molecule has 0 spiro atoms.